The van der Waals surface area contributed by atoms with Crippen molar-refractivity contribution in [2.75, 3.05) is 25.2 Å². The Morgan fingerprint density at radius 2 is 1.57 bits per heavy atom. The summed E-state index contributed by atoms with van der Waals surface area (Å²) in [4.78, 5) is 42.0. The Morgan fingerprint density at radius 3 is 2.22 bits per heavy atom. The lowest BCUT2D eigenvalue weighted by atomic mass is 10.0. The molecule has 0 aliphatic carbocycles. The van der Waals surface area contributed by atoms with Crippen LogP contribution in [0, 0.1) is 0 Å². The number of thioether (sulfide) groups is 1. The number of aliphatic hydroxyl groups is 1. The van der Waals surface area contributed by atoms with E-state index in [-0.39, 0.29) is 40.6 Å². The number of thiazole rings is 1. The molecule has 13 heteroatoms. The first-order chi connectivity index (χ1) is 24.6. The maximum atomic E-state index is 13.6. The molecule has 0 bridgehead atoms. The molecule has 3 unspecified atom stereocenters. The third kappa shape index (κ3) is 8.59. The lowest BCUT2D eigenvalue weighted by molar-refractivity contribution is -0.117. The van der Waals surface area contributed by atoms with Gasteiger partial charge in [-0.3, -0.25) is 19.4 Å². The third-order valence-corrected chi connectivity index (χ3v) is 10.6. The zero-order chi connectivity index (χ0) is 36.1. The normalized spacial score (nSPS) is 15.5. The quantitative estimate of drug-likeness (QED) is 0.105. The molecule has 51 heavy (non-hydrogen) atoms. The number of carbonyl (C=O) groups excluding carboxylic acids is 2. The van der Waals surface area contributed by atoms with E-state index in [0.717, 1.165) is 44.7 Å². The number of aromatic amines is 1. The summed E-state index contributed by atoms with van der Waals surface area (Å²) in [5.41, 5.74) is 3.44. The Hall–Kier alpha value is -4.75. The van der Waals surface area contributed by atoms with Crippen molar-refractivity contribution in [3.63, 3.8) is 0 Å². The van der Waals surface area contributed by atoms with Crippen LogP contribution in [0.2, 0.25) is 5.02 Å². The number of benzene rings is 4. The lowest BCUT2D eigenvalue weighted by Gasteiger charge is -2.22. The summed E-state index contributed by atoms with van der Waals surface area (Å²) >= 11 is 8.03. The minimum Gasteiger partial charge on any atom is -0.494 e. The molecular formula is C38H35ClN2O8S2. The number of methoxy groups -OCH3 is 1. The van der Waals surface area contributed by atoms with Crippen molar-refractivity contribution >= 4 is 51.5 Å². The minimum absolute atomic E-state index is 0.127. The maximum absolute atomic E-state index is 13.6. The SMILES string of the molecule is COc1c(C(O)COc2ccc(Cc3sc(=O)[nH]c3O)cc2)cccc1N1C(=O)SC(Cc2ccc(OCC(C)c3cccc(Cl)c3)cc2)C1=O. The van der Waals surface area contributed by atoms with Crippen LogP contribution in [0.1, 0.15) is 46.1 Å². The maximum Gasteiger partial charge on any atom is 0.307 e. The smallest absolute Gasteiger partial charge is 0.307 e. The number of aromatic hydroxyl groups is 1. The molecule has 3 atom stereocenters. The zero-order valence-corrected chi connectivity index (χ0v) is 30.1. The average molecular weight is 747 g/mol. The molecule has 5 aromatic rings. The number of aromatic nitrogens is 1. The van der Waals surface area contributed by atoms with E-state index in [4.69, 9.17) is 25.8 Å². The van der Waals surface area contributed by atoms with Crippen LogP contribution in [0.4, 0.5) is 10.5 Å². The number of aliphatic hydroxyl groups excluding tert-OH is 1. The summed E-state index contributed by atoms with van der Waals surface area (Å²) in [7, 11) is 1.42. The second-order valence-corrected chi connectivity index (χ2v) is 14.7. The van der Waals surface area contributed by atoms with Crippen molar-refractivity contribution in [1.82, 2.24) is 4.98 Å². The van der Waals surface area contributed by atoms with Crippen molar-refractivity contribution in [1.29, 1.82) is 0 Å². The van der Waals surface area contributed by atoms with E-state index in [9.17, 15) is 24.6 Å². The molecule has 1 aromatic heterocycles. The van der Waals surface area contributed by atoms with Gasteiger partial charge in [-0.15, -0.1) is 0 Å². The van der Waals surface area contributed by atoms with Gasteiger partial charge in [0.2, 0.25) is 11.8 Å². The van der Waals surface area contributed by atoms with E-state index in [2.05, 4.69) is 11.9 Å². The van der Waals surface area contributed by atoms with E-state index >= 15 is 0 Å². The van der Waals surface area contributed by atoms with E-state index in [1.165, 1.54) is 7.11 Å². The Kier molecular flexibility index (Phi) is 11.4. The molecule has 1 fully saturated rings. The average Bonchev–Trinajstić information content (AvgIpc) is 3.60. The lowest BCUT2D eigenvalue weighted by Crippen LogP contribution is -2.32. The number of anilines is 1. The number of hydrogen-bond donors (Lipinski definition) is 3. The van der Waals surface area contributed by atoms with Gasteiger partial charge in [-0.05, 0) is 65.6 Å². The molecule has 4 aromatic carbocycles. The summed E-state index contributed by atoms with van der Waals surface area (Å²) in [6.45, 7) is 2.42. The number of imide groups is 1. The van der Waals surface area contributed by atoms with Gasteiger partial charge in [0.1, 0.15) is 30.0 Å². The van der Waals surface area contributed by atoms with E-state index in [1.54, 1.807) is 42.5 Å². The highest BCUT2D eigenvalue weighted by atomic mass is 35.5. The summed E-state index contributed by atoms with van der Waals surface area (Å²) in [6, 6.07) is 27.2. The number of amides is 2. The van der Waals surface area contributed by atoms with E-state index in [1.807, 2.05) is 48.5 Å². The number of halogens is 1. The highest BCUT2D eigenvalue weighted by molar-refractivity contribution is 8.15. The first-order valence-corrected chi connectivity index (χ1v) is 18.2. The molecule has 0 radical (unpaired) electrons. The largest absolute Gasteiger partial charge is 0.494 e. The Balaban J connectivity index is 1.06. The number of rotatable bonds is 14. The highest BCUT2D eigenvalue weighted by Crippen LogP contribution is 2.41. The summed E-state index contributed by atoms with van der Waals surface area (Å²) in [6.07, 6.45) is -0.421. The van der Waals surface area contributed by atoms with Crippen molar-refractivity contribution in [2.24, 2.45) is 0 Å². The predicted octanol–water partition coefficient (Wildman–Crippen LogP) is 7.50. The van der Waals surface area contributed by atoms with Crippen LogP contribution in [0.15, 0.2) is 95.8 Å². The van der Waals surface area contributed by atoms with Crippen molar-refractivity contribution in [3.05, 3.63) is 133 Å². The van der Waals surface area contributed by atoms with Crippen LogP contribution in [0.3, 0.4) is 0 Å². The Labute approximate surface area is 307 Å². The Bertz CT molecular complexity index is 2070. The minimum atomic E-state index is -1.14. The molecule has 6 rings (SSSR count). The number of hydrogen-bond acceptors (Lipinski definition) is 10. The van der Waals surface area contributed by atoms with Gasteiger partial charge in [0.15, 0.2) is 0 Å². The standard InChI is InChI=1S/C38H35ClN2O8S2/c1-22(25-5-3-6-26(39)19-25)20-48-27-13-11-24(12-14-27)18-33-36(44)41(38(46)51-33)30-8-4-7-29(34(30)47-2)31(42)21-49-28-15-9-23(10-16-28)17-32-35(43)40-37(45)50-32/h3-16,19,22,31,33,42-43H,17-18,20-21H2,1-2H3,(H,40,45). The number of H-pyrrole nitrogens is 1. The molecule has 1 aliphatic heterocycles. The van der Waals surface area contributed by atoms with Crippen LogP contribution in [0.5, 0.6) is 23.1 Å². The topological polar surface area (TPSA) is 138 Å². The van der Waals surface area contributed by atoms with Gasteiger partial charge in [-0.1, -0.05) is 90.2 Å². The number of ether oxygens (including phenoxy) is 3. The monoisotopic (exact) mass is 746 g/mol. The second kappa shape index (κ2) is 16.1. The van der Waals surface area contributed by atoms with Crippen molar-refractivity contribution in [2.45, 2.75) is 37.0 Å². The molecule has 2 heterocycles. The first kappa shape index (κ1) is 36.1. The van der Waals surface area contributed by atoms with Crippen LogP contribution < -0.4 is 24.0 Å². The fraction of sp³-hybridized carbons (Fsp3) is 0.237. The van der Waals surface area contributed by atoms with Crippen LogP contribution in [0.25, 0.3) is 0 Å². The summed E-state index contributed by atoms with van der Waals surface area (Å²) in [5, 5.41) is 20.6. The molecule has 3 N–H and O–H groups in total. The van der Waals surface area contributed by atoms with Gasteiger partial charge in [0, 0.05) is 22.9 Å². The first-order valence-electron chi connectivity index (χ1n) is 16.1. The predicted molar refractivity (Wildman–Crippen MR) is 199 cm³/mol. The van der Waals surface area contributed by atoms with Gasteiger partial charge in [-0.25, -0.2) is 4.90 Å². The molecule has 0 saturated carbocycles. The number of nitrogens with zero attached hydrogens (tertiary/aromatic N) is 1. The molecule has 264 valence electrons. The number of carbonyl (C=O) groups is 2. The summed E-state index contributed by atoms with van der Waals surface area (Å²) < 4.78 is 17.5. The molecule has 0 spiro atoms. The summed E-state index contributed by atoms with van der Waals surface area (Å²) in [5.74, 6) is 1.03. The Morgan fingerprint density at radius 1 is 0.902 bits per heavy atom. The molecular weight excluding hydrogens is 712 g/mol. The van der Waals surface area contributed by atoms with E-state index in [0.29, 0.717) is 46.4 Å². The molecule has 1 aliphatic rings. The van der Waals surface area contributed by atoms with Gasteiger partial charge < -0.3 is 24.4 Å². The van der Waals surface area contributed by atoms with Crippen LogP contribution in [-0.2, 0) is 17.6 Å². The molecule has 10 nitrogen and oxygen atoms in total. The fourth-order valence-electron chi connectivity index (χ4n) is 5.70. The number of nitrogens with one attached hydrogen (secondary N) is 1. The molecule has 2 amide bonds. The van der Waals surface area contributed by atoms with E-state index < -0.39 is 16.6 Å². The fourth-order valence-corrected chi connectivity index (χ4v) is 7.68. The van der Waals surface area contributed by atoms with Gasteiger partial charge in [-0.2, -0.15) is 0 Å². The van der Waals surface area contributed by atoms with Crippen LogP contribution in [-0.4, -0.2) is 51.9 Å². The van der Waals surface area contributed by atoms with Crippen molar-refractivity contribution in [3.8, 4) is 23.1 Å². The third-order valence-electron chi connectivity index (χ3n) is 8.41. The van der Waals surface area contributed by atoms with Gasteiger partial charge in [0.25, 0.3) is 5.24 Å². The number of para-hydroxylation sites is 1. The van der Waals surface area contributed by atoms with Crippen LogP contribution >= 0.6 is 34.7 Å². The van der Waals surface area contributed by atoms with Gasteiger partial charge >= 0.3 is 4.87 Å². The zero-order valence-electron chi connectivity index (χ0n) is 27.7. The van der Waals surface area contributed by atoms with Crippen molar-refractivity contribution < 1.29 is 34.0 Å². The van der Waals surface area contributed by atoms with Gasteiger partial charge in [0.05, 0.1) is 29.5 Å². The molecule has 1 saturated heterocycles. The second-order valence-electron chi connectivity index (χ2n) is 12.0. The highest BCUT2D eigenvalue weighted by Gasteiger charge is 2.42.